The van der Waals surface area contributed by atoms with Crippen LogP contribution in [0.25, 0.3) is 0 Å². The summed E-state index contributed by atoms with van der Waals surface area (Å²) in [5.74, 6) is -0.399. The first-order chi connectivity index (χ1) is 6.58. The minimum atomic E-state index is -1.03. The molecule has 0 unspecified atom stereocenters. The van der Waals surface area contributed by atoms with Gasteiger partial charge in [0.2, 0.25) is 0 Å². The lowest BCUT2D eigenvalue weighted by atomic mass is 10.0. The Kier molecular flexibility index (Phi) is 3.69. The lowest BCUT2D eigenvalue weighted by Gasteiger charge is -2.05. The van der Waals surface area contributed by atoms with Gasteiger partial charge in [0.25, 0.3) is 0 Å². The van der Waals surface area contributed by atoms with Crippen molar-refractivity contribution in [3.63, 3.8) is 0 Å². The molecule has 75 valence electrons. The van der Waals surface area contributed by atoms with Gasteiger partial charge in [-0.2, -0.15) is 0 Å². The molecular weight excluding hydrogens is 176 g/mol. The number of hydrogen-bond acceptors (Lipinski definition) is 1. The van der Waals surface area contributed by atoms with Crippen LogP contribution in [-0.2, 0) is 22.7 Å². The third-order valence-electron chi connectivity index (χ3n) is 2.02. The van der Waals surface area contributed by atoms with E-state index in [1.807, 2.05) is 24.3 Å². The van der Waals surface area contributed by atoms with Crippen molar-refractivity contribution in [1.82, 2.24) is 0 Å². The molecule has 2 nitrogen and oxygen atoms in total. The van der Waals surface area contributed by atoms with Gasteiger partial charge in [0, 0.05) is 0 Å². The summed E-state index contributed by atoms with van der Waals surface area (Å²) in [7, 11) is 0. The second-order valence-corrected chi connectivity index (χ2v) is 3.96. The summed E-state index contributed by atoms with van der Waals surface area (Å²) in [6.07, 6.45) is 1.04. The Labute approximate surface area is 84.6 Å². The Balaban J connectivity index is 2.63. The molecule has 0 aliphatic heterocycles. The van der Waals surface area contributed by atoms with Gasteiger partial charge in [-0.05, 0) is 23.5 Å². The number of carbonyl (C=O) groups is 1. The summed E-state index contributed by atoms with van der Waals surface area (Å²) in [4.78, 5) is 10.3. The zero-order valence-corrected chi connectivity index (χ0v) is 8.62. The minimum Gasteiger partial charge on any atom is -0.247 e. The van der Waals surface area contributed by atoms with Crippen LogP contribution in [0.3, 0.4) is 0 Å². The molecule has 0 aliphatic rings. The third-order valence-corrected chi connectivity index (χ3v) is 2.02. The predicted octanol–water partition coefficient (Wildman–Crippen LogP) is 2.38. The van der Waals surface area contributed by atoms with E-state index in [4.69, 9.17) is 0 Å². The maximum absolute atomic E-state index is 10.3. The number of carbonyl (C=O) groups excluding carboxylic acids is 1. The summed E-state index contributed by atoms with van der Waals surface area (Å²) in [6.45, 7) is 4.32. The predicted molar refractivity (Wildman–Crippen MR) is 54.4 cm³/mol. The Bertz CT molecular complexity index is 299. The minimum absolute atomic E-state index is 0.00194. The number of benzene rings is 1. The molecule has 0 aliphatic carbocycles. The highest BCUT2D eigenvalue weighted by Gasteiger charge is 2.02. The van der Waals surface area contributed by atoms with Gasteiger partial charge in [-0.1, -0.05) is 38.1 Å². The maximum Gasteiger partial charge on any atom is 0.359 e. The fourth-order valence-electron chi connectivity index (χ4n) is 1.43. The highest BCUT2D eigenvalue weighted by molar-refractivity contribution is 5.69. The highest BCUT2D eigenvalue weighted by Crippen LogP contribution is 2.10. The topological polar surface area (TPSA) is 37.0 Å². The van der Waals surface area contributed by atoms with Gasteiger partial charge in [0.1, 0.15) is 0 Å². The van der Waals surface area contributed by atoms with Crippen LogP contribution in [0.2, 0.25) is 0 Å². The van der Waals surface area contributed by atoms with Crippen LogP contribution in [0.1, 0.15) is 25.0 Å². The van der Waals surface area contributed by atoms with E-state index in [-0.39, 0.29) is 6.42 Å². The van der Waals surface area contributed by atoms with Gasteiger partial charge < -0.3 is 0 Å². The first-order valence-electron chi connectivity index (χ1n) is 4.85. The van der Waals surface area contributed by atoms with E-state index >= 15 is 0 Å². The van der Waals surface area contributed by atoms with E-state index < -0.39 is 5.97 Å². The molecule has 0 bridgehead atoms. The van der Waals surface area contributed by atoms with E-state index in [1.54, 1.807) is 0 Å². The molecule has 1 aromatic carbocycles. The smallest absolute Gasteiger partial charge is 0.247 e. The van der Waals surface area contributed by atoms with Crippen LogP contribution in [0.5, 0.6) is 0 Å². The second-order valence-electron chi connectivity index (χ2n) is 3.96. The Morgan fingerprint density at radius 3 is 2.07 bits per heavy atom. The molecule has 14 heavy (non-hydrogen) atoms. The van der Waals surface area contributed by atoms with Gasteiger partial charge in [-0.3, -0.25) is 0 Å². The van der Waals surface area contributed by atoms with Crippen molar-refractivity contribution in [3.05, 3.63) is 35.4 Å². The summed E-state index contributed by atoms with van der Waals surface area (Å²) >= 11 is 0. The first-order valence-corrected chi connectivity index (χ1v) is 4.85. The fraction of sp³-hybridized carbons (Fsp3) is 0.417. The Morgan fingerprint density at radius 2 is 1.64 bits per heavy atom. The first kappa shape index (κ1) is 10.8. The molecule has 2 heteroatoms. The van der Waals surface area contributed by atoms with Crippen LogP contribution in [-0.4, -0.2) is 5.97 Å². The monoisotopic (exact) mass is 191 g/mol. The van der Waals surface area contributed by atoms with Gasteiger partial charge in [0.15, 0.2) is 0 Å². The zero-order valence-electron chi connectivity index (χ0n) is 8.62. The molecule has 0 aromatic heterocycles. The van der Waals surface area contributed by atoms with Crippen LogP contribution >= 0.6 is 0 Å². The Morgan fingerprint density at radius 1 is 1.14 bits per heavy atom. The van der Waals surface area contributed by atoms with Crippen molar-refractivity contribution in [2.45, 2.75) is 26.7 Å². The van der Waals surface area contributed by atoms with Crippen molar-refractivity contribution in [3.8, 4) is 0 Å². The van der Waals surface area contributed by atoms with Crippen molar-refractivity contribution in [1.29, 1.82) is 0 Å². The molecule has 0 N–H and O–H groups in total. The van der Waals surface area contributed by atoms with E-state index in [0.29, 0.717) is 5.92 Å². The van der Waals surface area contributed by atoms with Crippen LogP contribution in [0.15, 0.2) is 24.3 Å². The van der Waals surface area contributed by atoms with E-state index in [1.165, 1.54) is 5.56 Å². The summed E-state index contributed by atoms with van der Waals surface area (Å²) in [5, 5.41) is 10.3. The second kappa shape index (κ2) is 4.80. The van der Waals surface area contributed by atoms with E-state index in [2.05, 4.69) is 13.8 Å². The molecule has 0 amide bonds. The quantitative estimate of drug-likeness (QED) is 0.719. The standard InChI is InChI=1S/C12H15O2/c1-9(2)7-10-3-5-11(6-4-10)8-12(13)14/h3-6,9H,7-8H2,1-2H3. The molecule has 1 aromatic rings. The summed E-state index contributed by atoms with van der Waals surface area (Å²) in [6, 6.07) is 7.68. The summed E-state index contributed by atoms with van der Waals surface area (Å²) < 4.78 is 0. The average Bonchev–Trinajstić information content (AvgIpc) is 2.06. The van der Waals surface area contributed by atoms with E-state index in [9.17, 15) is 9.90 Å². The lowest BCUT2D eigenvalue weighted by Crippen LogP contribution is -1.99. The fourth-order valence-corrected chi connectivity index (χ4v) is 1.43. The lowest BCUT2D eigenvalue weighted by molar-refractivity contribution is -0.142. The zero-order chi connectivity index (χ0) is 10.6. The van der Waals surface area contributed by atoms with Gasteiger partial charge in [-0.25, -0.2) is 9.90 Å². The highest BCUT2D eigenvalue weighted by atomic mass is 16.4. The molecule has 0 atom stereocenters. The van der Waals surface area contributed by atoms with Gasteiger partial charge in [-0.15, -0.1) is 0 Å². The van der Waals surface area contributed by atoms with Crippen molar-refractivity contribution in [2.75, 3.05) is 0 Å². The average molecular weight is 191 g/mol. The molecule has 0 fully saturated rings. The maximum atomic E-state index is 10.3. The van der Waals surface area contributed by atoms with Crippen LogP contribution < -0.4 is 0 Å². The number of rotatable bonds is 4. The van der Waals surface area contributed by atoms with Gasteiger partial charge >= 0.3 is 5.97 Å². The Hall–Kier alpha value is -1.31. The molecule has 1 radical (unpaired) electrons. The van der Waals surface area contributed by atoms with Crippen molar-refractivity contribution >= 4 is 5.97 Å². The van der Waals surface area contributed by atoms with Crippen LogP contribution in [0, 0.1) is 5.92 Å². The normalized spacial score (nSPS) is 10.5. The van der Waals surface area contributed by atoms with E-state index in [0.717, 1.165) is 12.0 Å². The van der Waals surface area contributed by atoms with Gasteiger partial charge in [0.05, 0.1) is 6.42 Å². The molecular formula is C12H15O2. The summed E-state index contributed by atoms with van der Waals surface area (Å²) in [5.41, 5.74) is 2.06. The SMILES string of the molecule is CC(C)Cc1ccc(CC([O])=O)cc1. The number of hydrogen-bond donors (Lipinski definition) is 0. The van der Waals surface area contributed by atoms with Crippen LogP contribution in [0.4, 0.5) is 0 Å². The molecule has 0 saturated carbocycles. The molecule has 0 spiro atoms. The van der Waals surface area contributed by atoms with Crippen molar-refractivity contribution in [2.24, 2.45) is 5.92 Å². The molecule has 0 saturated heterocycles. The third kappa shape index (κ3) is 3.60. The molecule has 0 heterocycles. The largest absolute Gasteiger partial charge is 0.359 e. The van der Waals surface area contributed by atoms with Crippen molar-refractivity contribution < 1.29 is 9.90 Å². The molecule has 1 rings (SSSR count).